The largest absolute Gasteiger partial charge is 0.482 e. The zero-order valence-electron chi connectivity index (χ0n) is 15.7. The van der Waals surface area contributed by atoms with E-state index in [2.05, 4.69) is 0 Å². The summed E-state index contributed by atoms with van der Waals surface area (Å²) in [6.45, 7) is 2.32. The molecule has 0 N–H and O–H groups in total. The van der Waals surface area contributed by atoms with Gasteiger partial charge in [-0.1, -0.05) is 29.8 Å². The number of halogens is 1. The van der Waals surface area contributed by atoms with Crippen LogP contribution in [0.3, 0.4) is 0 Å². The highest BCUT2D eigenvalue weighted by molar-refractivity contribution is 7.92. The summed E-state index contributed by atoms with van der Waals surface area (Å²) in [6, 6.07) is 11.8. The molecule has 2 aliphatic rings. The van der Waals surface area contributed by atoms with Gasteiger partial charge < -0.3 is 14.4 Å². The summed E-state index contributed by atoms with van der Waals surface area (Å²) in [5.41, 5.74) is 1.70. The molecule has 0 unspecified atom stereocenters. The molecule has 2 aromatic carbocycles. The highest BCUT2D eigenvalue weighted by Crippen LogP contribution is 2.35. The maximum Gasteiger partial charge on any atom is 0.264 e. The number of morpholine rings is 1. The minimum Gasteiger partial charge on any atom is -0.482 e. The number of rotatable bonds is 5. The Hall–Kier alpha value is -2.29. The van der Waals surface area contributed by atoms with E-state index in [4.69, 9.17) is 21.1 Å². The maximum atomic E-state index is 13.1. The molecular formula is C20H21ClN2O5S. The minimum atomic E-state index is -3.74. The van der Waals surface area contributed by atoms with Crippen LogP contribution in [0.15, 0.2) is 47.4 Å². The van der Waals surface area contributed by atoms with E-state index in [9.17, 15) is 13.2 Å². The normalized spacial score (nSPS) is 16.6. The van der Waals surface area contributed by atoms with Crippen molar-refractivity contribution in [2.24, 2.45) is 0 Å². The molecule has 0 aliphatic carbocycles. The number of fused-ring (bicyclic) bond motifs is 1. The van der Waals surface area contributed by atoms with Crippen LogP contribution >= 0.6 is 11.6 Å². The second-order valence-corrected chi connectivity index (χ2v) is 9.10. The average Bonchev–Trinajstić information content (AvgIpc) is 3.18. The first-order valence-corrected chi connectivity index (χ1v) is 11.2. The third-order valence-electron chi connectivity index (χ3n) is 5.05. The number of sulfonamides is 1. The average molecular weight is 437 g/mol. The predicted octanol–water partition coefficient (Wildman–Crippen LogP) is 2.33. The molecule has 2 heterocycles. The standard InChI is InChI=1S/C20H21ClN2O5S/c21-17-13-16(29(25,26)23-8-7-15-3-1-2-4-18(15)23)5-6-19(17)28-14-20(24)22-9-11-27-12-10-22/h1-6,13H,7-12,14H2. The smallest absolute Gasteiger partial charge is 0.264 e. The molecular weight excluding hydrogens is 416 g/mol. The SMILES string of the molecule is O=C(COc1ccc(S(=O)(=O)N2CCc3ccccc32)cc1Cl)N1CCOCC1. The van der Waals surface area contributed by atoms with Gasteiger partial charge in [0.15, 0.2) is 6.61 Å². The molecule has 0 saturated carbocycles. The Morgan fingerprint density at radius 1 is 1.10 bits per heavy atom. The van der Waals surface area contributed by atoms with Crippen molar-refractivity contribution in [3.8, 4) is 5.75 Å². The van der Waals surface area contributed by atoms with Gasteiger partial charge in [0.25, 0.3) is 15.9 Å². The molecule has 1 amide bonds. The second-order valence-electron chi connectivity index (χ2n) is 6.83. The van der Waals surface area contributed by atoms with Crippen molar-refractivity contribution in [3.63, 3.8) is 0 Å². The number of nitrogens with zero attached hydrogens (tertiary/aromatic N) is 2. The van der Waals surface area contributed by atoms with Crippen molar-refractivity contribution in [3.05, 3.63) is 53.1 Å². The van der Waals surface area contributed by atoms with Crippen molar-refractivity contribution in [1.82, 2.24) is 4.90 Å². The monoisotopic (exact) mass is 436 g/mol. The zero-order valence-corrected chi connectivity index (χ0v) is 17.3. The quantitative estimate of drug-likeness (QED) is 0.719. The van der Waals surface area contributed by atoms with Crippen molar-refractivity contribution in [2.75, 3.05) is 43.8 Å². The number of carbonyl (C=O) groups is 1. The highest BCUT2D eigenvalue weighted by atomic mass is 35.5. The number of amides is 1. The fraction of sp³-hybridized carbons (Fsp3) is 0.350. The van der Waals surface area contributed by atoms with Crippen LogP contribution in [0.5, 0.6) is 5.75 Å². The summed E-state index contributed by atoms with van der Waals surface area (Å²) < 4.78 is 38.3. The third kappa shape index (κ3) is 4.05. The van der Waals surface area contributed by atoms with Crippen LogP contribution in [0.1, 0.15) is 5.56 Å². The molecule has 154 valence electrons. The minimum absolute atomic E-state index is 0.0889. The first-order valence-electron chi connectivity index (χ1n) is 9.35. The van der Waals surface area contributed by atoms with Crippen LogP contribution in [0.4, 0.5) is 5.69 Å². The lowest BCUT2D eigenvalue weighted by Gasteiger charge is -2.26. The molecule has 1 saturated heterocycles. The Morgan fingerprint density at radius 3 is 2.62 bits per heavy atom. The molecule has 4 rings (SSSR count). The molecule has 0 bridgehead atoms. The summed E-state index contributed by atoms with van der Waals surface area (Å²) in [4.78, 5) is 14.0. The molecule has 1 fully saturated rings. The Balaban J connectivity index is 1.48. The number of ether oxygens (including phenoxy) is 2. The van der Waals surface area contributed by atoms with Gasteiger partial charge in [-0.15, -0.1) is 0 Å². The summed E-state index contributed by atoms with van der Waals surface area (Å²) >= 11 is 6.26. The molecule has 0 atom stereocenters. The molecule has 0 radical (unpaired) electrons. The number of anilines is 1. The van der Waals surface area contributed by atoms with Crippen molar-refractivity contribution in [1.29, 1.82) is 0 Å². The molecule has 29 heavy (non-hydrogen) atoms. The van der Waals surface area contributed by atoms with E-state index in [1.807, 2.05) is 18.2 Å². The fourth-order valence-corrected chi connectivity index (χ4v) is 5.32. The van der Waals surface area contributed by atoms with E-state index in [-0.39, 0.29) is 28.2 Å². The second kappa shape index (κ2) is 8.22. The van der Waals surface area contributed by atoms with Crippen LogP contribution in [0.2, 0.25) is 5.02 Å². The third-order valence-corrected chi connectivity index (χ3v) is 7.16. The zero-order chi connectivity index (χ0) is 20.4. The van der Waals surface area contributed by atoms with E-state index in [1.54, 1.807) is 11.0 Å². The number of benzene rings is 2. The van der Waals surface area contributed by atoms with Crippen LogP contribution in [-0.2, 0) is 26.0 Å². The van der Waals surface area contributed by atoms with Crippen molar-refractivity contribution < 1.29 is 22.7 Å². The molecule has 0 aromatic heterocycles. The summed E-state index contributed by atoms with van der Waals surface area (Å²) in [7, 11) is -3.74. The van der Waals surface area contributed by atoms with Gasteiger partial charge in [0.05, 0.1) is 28.8 Å². The highest BCUT2D eigenvalue weighted by Gasteiger charge is 2.31. The molecule has 0 spiro atoms. The lowest BCUT2D eigenvalue weighted by Crippen LogP contribution is -2.43. The number of para-hydroxylation sites is 1. The number of hydrogen-bond donors (Lipinski definition) is 0. The van der Waals surface area contributed by atoms with Crippen molar-refractivity contribution in [2.45, 2.75) is 11.3 Å². The van der Waals surface area contributed by atoms with Gasteiger partial charge in [-0.05, 0) is 36.2 Å². The Labute approximate surface area is 174 Å². The lowest BCUT2D eigenvalue weighted by atomic mass is 10.2. The Bertz CT molecular complexity index is 1020. The first-order chi connectivity index (χ1) is 14.0. The van der Waals surface area contributed by atoms with E-state index in [0.717, 1.165) is 5.56 Å². The molecule has 2 aromatic rings. The lowest BCUT2D eigenvalue weighted by molar-refractivity contribution is -0.137. The van der Waals surface area contributed by atoms with Crippen molar-refractivity contribution >= 4 is 33.2 Å². The van der Waals surface area contributed by atoms with Gasteiger partial charge in [0.2, 0.25) is 0 Å². The van der Waals surface area contributed by atoms with Crippen LogP contribution in [0.25, 0.3) is 0 Å². The summed E-state index contributed by atoms with van der Waals surface area (Å²) in [5, 5.41) is 0.147. The van der Waals surface area contributed by atoms with Gasteiger partial charge in [0.1, 0.15) is 5.75 Å². The number of hydrogen-bond acceptors (Lipinski definition) is 5. The molecule has 9 heteroatoms. The van der Waals surface area contributed by atoms with Crippen LogP contribution in [-0.4, -0.2) is 58.7 Å². The van der Waals surface area contributed by atoms with Gasteiger partial charge >= 0.3 is 0 Å². The Kier molecular flexibility index (Phi) is 5.67. The van der Waals surface area contributed by atoms with Crippen LogP contribution < -0.4 is 9.04 Å². The molecule has 2 aliphatic heterocycles. The Morgan fingerprint density at radius 2 is 1.86 bits per heavy atom. The fourth-order valence-electron chi connectivity index (χ4n) is 3.49. The van der Waals surface area contributed by atoms with E-state index >= 15 is 0 Å². The van der Waals surface area contributed by atoms with Gasteiger partial charge in [-0.2, -0.15) is 0 Å². The predicted molar refractivity (Wildman–Crippen MR) is 109 cm³/mol. The van der Waals surface area contributed by atoms with Gasteiger partial charge in [-0.25, -0.2) is 8.42 Å². The van der Waals surface area contributed by atoms with Crippen LogP contribution in [0, 0.1) is 0 Å². The van der Waals surface area contributed by atoms with E-state index in [0.29, 0.717) is 45.0 Å². The van der Waals surface area contributed by atoms with E-state index in [1.165, 1.54) is 22.5 Å². The topological polar surface area (TPSA) is 76.2 Å². The first kappa shape index (κ1) is 20.0. The van der Waals surface area contributed by atoms with Gasteiger partial charge in [-0.3, -0.25) is 9.10 Å². The summed E-state index contributed by atoms with van der Waals surface area (Å²) in [6.07, 6.45) is 0.675. The maximum absolute atomic E-state index is 13.1. The molecule has 7 nitrogen and oxygen atoms in total. The van der Waals surface area contributed by atoms with E-state index < -0.39 is 10.0 Å². The number of carbonyl (C=O) groups excluding carboxylic acids is 1. The van der Waals surface area contributed by atoms with Gasteiger partial charge in [0, 0.05) is 19.6 Å². The summed E-state index contributed by atoms with van der Waals surface area (Å²) in [5.74, 6) is 0.115.